The number of carbonyl (C=O) groups excluding carboxylic acids is 2. The lowest BCUT2D eigenvalue weighted by atomic mass is 10.2. The molecule has 0 aromatic heterocycles. The van der Waals surface area contributed by atoms with Crippen molar-refractivity contribution in [3.8, 4) is 0 Å². The summed E-state index contributed by atoms with van der Waals surface area (Å²) in [6.07, 6.45) is 0.0753. The molecule has 2 rings (SSSR count). The first kappa shape index (κ1) is 17.4. The fourth-order valence-corrected chi connectivity index (χ4v) is 1.93. The Morgan fingerprint density at radius 3 is 2.46 bits per heavy atom. The summed E-state index contributed by atoms with van der Waals surface area (Å²) < 4.78 is 26.4. The predicted octanol–water partition coefficient (Wildman–Crippen LogP) is 2.79. The molecule has 0 unspecified atom stereocenters. The molecular formula is C17H17F2N3O2. The monoisotopic (exact) mass is 333 g/mol. The van der Waals surface area contributed by atoms with Crippen LogP contribution in [0.25, 0.3) is 0 Å². The lowest BCUT2D eigenvalue weighted by Crippen LogP contribution is -2.33. The zero-order valence-corrected chi connectivity index (χ0v) is 12.8. The van der Waals surface area contributed by atoms with Crippen molar-refractivity contribution in [1.29, 1.82) is 0 Å². The molecule has 3 N–H and O–H groups in total. The van der Waals surface area contributed by atoms with Gasteiger partial charge in [-0.05, 0) is 17.7 Å². The molecule has 0 heterocycles. The SMILES string of the molecule is O=C(CCNC(=O)Nc1cc(F)ccc1F)NCc1ccccc1. The van der Waals surface area contributed by atoms with Crippen molar-refractivity contribution >= 4 is 17.6 Å². The van der Waals surface area contributed by atoms with Crippen LogP contribution in [0.4, 0.5) is 19.3 Å². The van der Waals surface area contributed by atoms with Crippen molar-refractivity contribution in [2.24, 2.45) is 0 Å². The van der Waals surface area contributed by atoms with Crippen molar-refractivity contribution in [2.45, 2.75) is 13.0 Å². The average Bonchev–Trinajstić information content (AvgIpc) is 2.57. The quantitative estimate of drug-likeness (QED) is 0.761. The highest BCUT2D eigenvalue weighted by Crippen LogP contribution is 2.14. The molecule has 24 heavy (non-hydrogen) atoms. The van der Waals surface area contributed by atoms with Crippen molar-refractivity contribution in [2.75, 3.05) is 11.9 Å². The summed E-state index contributed by atoms with van der Waals surface area (Å²) in [5.41, 5.74) is 0.708. The molecule has 5 nitrogen and oxygen atoms in total. The van der Waals surface area contributed by atoms with Crippen LogP contribution in [-0.2, 0) is 11.3 Å². The second-order valence-electron chi connectivity index (χ2n) is 5.02. The van der Waals surface area contributed by atoms with E-state index in [2.05, 4.69) is 16.0 Å². The molecule has 0 spiro atoms. The Morgan fingerprint density at radius 1 is 0.958 bits per heavy atom. The topological polar surface area (TPSA) is 70.2 Å². The molecule has 7 heteroatoms. The van der Waals surface area contributed by atoms with Crippen LogP contribution in [0.1, 0.15) is 12.0 Å². The highest BCUT2D eigenvalue weighted by atomic mass is 19.1. The molecule has 0 aliphatic rings. The van der Waals surface area contributed by atoms with E-state index in [0.717, 1.165) is 23.8 Å². The smallest absolute Gasteiger partial charge is 0.319 e. The molecule has 0 aliphatic heterocycles. The Labute approximate surface area is 138 Å². The minimum Gasteiger partial charge on any atom is -0.352 e. The van der Waals surface area contributed by atoms with E-state index in [1.807, 2.05) is 30.3 Å². The summed E-state index contributed by atoms with van der Waals surface area (Å²) in [7, 11) is 0. The molecular weight excluding hydrogens is 316 g/mol. The number of benzene rings is 2. The third kappa shape index (κ3) is 5.68. The van der Waals surface area contributed by atoms with E-state index in [-0.39, 0.29) is 24.6 Å². The summed E-state index contributed by atoms with van der Waals surface area (Å²) in [4.78, 5) is 23.3. The van der Waals surface area contributed by atoms with Crippen molar-refractivity contribution in [1.82, 2.24) is 10.6 Å². The first-order valence-corrected chi connectivity index (χ1v) is 7.35. The molecule has 0 fully saturated rings. The Kier molecular flexibility index (Phi) is 6.24. The molecule has 0 saturated carbocycles. The highest BCUT2D eigenvalue weighted by Gasteiger charge is 2.08. The van der Waals surface area contributed by atoms with Crippen molar-refractivity contribution < 1.29 is 18.4 Å². The van der Waals surface area contributed by atoms with E-state index in [0.29, 0.717) is 6.54 Å². The summed E-state index contributed by atoms with van der Waals surface area (Å²) in [5, 5.41) is 7.31. The van der Waals surface area contributed by atoms with Crippen LogP contribution < -0.4 is 16.0 Å². The summed E-state index contributed by atoms with van der Waals surface area (Å²) in [6.45, 7) is 0.476. The molecule has 2 aromatic rings. The van der Waals surface area contributed by atoms with Gasteiger partial charge in [0.1, 0.15) is 11.6 Å². The third-order valence-electron chi connectivity index (χ3n) is 3.15. The van der Waals surface area contributed by atoms with Gasteiger partial charge in [0.05, 0.1) is 5.69 Å². The fraction of sp³-hybridized carbons (Fsp3) is 0.176. The maximum Gasteiger partial charge on any atom is 0.319 e. The van der Waals surface area contributed by atoms with E-state index in [4.69, 9.17) is 0 Å². The number of amides is 3. The van der Waals surface area contributed by atoms with Gasteiger partial charge in [-0.1, -0.05) is 30.3 Å². The Hall–Kier alpha value is -2.96. The number of urea groups is 1. The van der Waals surface area contributed by atoms with Gasteiger partial charge in [0.25, 0.3) is 0 Å². The molecule has 0 atom stereocenters. The van der Waals surface area contributed by atoms with E-state index in [9.17, 15) is 18.4 Å². The summed E-state index contributed by atoms with van der Waals surface area (Å²) >= 11 is 0. The van der Waals surface area contributed by atoms with Gasteiger partial charge in [-0.2, -0.15) is 0 Å². The minimum atomic E-state index is -0.743. The van der Waals surface area contributed by atoms with Crippen LogP contribution in [0.2, 0.25) is 0 Å². The second kappa shape index (κ2) is 8.61. The standard InChI is InChI=1S/C17H17F2N3O2/c18-13-6-7-14(19)15(10-13)22-17(24)20-9-8-16(23)21-11-12-4-2-1-3-5-12/h1-7,10H,8-9,11H2,(H,21,23)(H2,20,22,24). The Morgan fingerprint density at radius 2 is 1.71 bits per heavy atom. The van der Waals surface area contributed by atoms with E-state index in [1.165, 1.54) is 0 Å². The van der Waals surface area contributed by atoms with Crippen LogP contribution in [0.5, 0.6) is 0 Å². The summed E-state index contributed by atoms with van der Waals surface area (Å²) in [6, 6.07) is 11.4. The summed E-state index contributed by atoms with van der Waals surface area (Å²) in [5.74, 6) is -1.63. The van der Waals surface area contributed by atoms with E-state index in [1.54, 1.807) is 0 Å². The fourth-order valence-electron chi connectivity index (χ4n) is 1.93. The van der Waals surface area contributed by atoms with Gasteiger partial charge in [0.2, 0.25) is 5.91 Å². The number of nitrogens with one attached hydrogen (secondary N) is 3. The van der Waals surface area contributed by atoms with Crippen molar-refractivity contribution in [3.63, 3.8) is 0 Å². The maximum absolute atomic E-state index is 13.4. The van der Waals surface area contributed by atoms with Gasteiger partial charge in [0, 0.05) is 25.6 Å². The van der Waals surface area contributed by atoms with Gasteiger partial charge < -0.3 is 16.0 Å². The molecule has 0 saturated heterocycles. The van der Waals surface area contributed by atoms with Gasteiger partial charge in [-0.3, -0.25) is 4.79 Å². The Balaban J connectivity index is 1.68. The highest BCUT2D eigenvalue weighted by molar-refractivity contribution is 5.89. The zero-order valence-electron chi connectivity index (χ0n) is 12.8. The average molecular weight is 333 g/mol. The van der Waals surface area contributed by atoms with Crippen LogP contribution in [0.15, 0.2) is 48.5 Å². The van der Waals surface area contributed by atoms with Crippen LogP contribution in [0.3, 0.4) is 0 Å². The largest absolute Gasteiger partial charge is 0.352 e. The zero-order chi connectivity index (χ0) is 17.4. The second-order valence-corrected chi connectivity index (χ2v) is 5.02. The number of hydrogen-bond donors (Lipinski definition) is 3. The molecule has 126 valence electrons. The molecule has 3 amide bonds. The number of rotatable bonds is 6. The van der Waals surface area contributed by atoms with Gasteiger partial charge in [-0.15, -0.1) is 0 Å². The van der Waals surface area contributed by atoms with E-state index < -0.39 is 17.7 Å². The van der Waals surface area contributed by atoms with E-state index >= 15 is 0 Å². The predicted molar refractivity (Wildman–Crippen MR) is 86.3 cm³/mol. The number of halogens is 2. The van der Waals surface area contributed by atoms with Crippen LogP contribution in [-0.4, -0.2) is 18.5 Å². The lowest BCUT2D eigenvalue weighted by molar-refractivity contribution is -0.121. The maximum atomic E-state index is 13.4. The van der Waals surface area contributed by atoms with Gasteiger partial charge in [0.15, 0.2) is 0 Å². The van der Waals surface area contributed by atoms with Crippen LogP contribution in [0, 0.1) is 11.6 Å². The van der Waals surface area contributed by atoms with Crippen LogP contribution >= 0.6 is 0 Å². The molecule has 0 aliphatic carbocycles. The molecule has 0 bridgehead atoms. The minimum absolute atomic E-state index is 0.0728. The first-order valence-electron chi connectivity index (χ1n) is 7.35. The van der Waals surface area contributed by atoms with Gasteiger partial charge in [-0.25, -0.2) is 13.6 Å². The normalized spacial score (nSPS) is 10.1. The number of hydrogen-bond acceptors (Lipinski definition) is 2. The number of anilines is 1. The third-order valence-corrected chi connectivity index (χ3v) is 3.15. The Bertz CT molecular complexity index is 708. The molecule has 2 aromatic carbocycles. The first-order chi connectivity index (χ1) is 11.5. The molecule has 0 radical (unpaired) electrons. The van der Waals surface area contributed by atoms with Gasteiger partial charge >= 0.3 is 6.03 Å². The number of carbonyl (C=O) groups is 2. The van der Waals surface area contributed by atoms with Crippen molar-refractivity contribution in [3.05, 3.63) is 65.7 Å². The lowest BCUT2D eigenvalue weighted by Gasteiger charge is -2.09.